The molecule has 1 aromatic heterocycles. The van der Waals surface area contributed by atoms with Crippen LogP contribution in [-0.4, -0.2) is 22.1 Å². The van der Waals surface area contributed by atoms with E-state index in [1.807, 2.05) is 13.0 Å². The molecule has 0 N–H and O–H groups in total. The van der Waals surface area contributed by atoms with Gasteiger partial charge in [-0.1, -0.05) is 0 Å². The quantitative estimate of drug-likeness (QED) is 0.785. The van der Waals surface area contributed by atoms with Gasteiger partial charge in [0.1, 0.15) is 6.07 Å². The number of carbonyl (C=O) groups excluding carboxylic acids is 1. The van der Waals surface area contributed by atoms with Gasteiger partial charge >= 0.3 is 5.97 Å². The summed E-state index contributed by atoms with van der Waals surface area (Å²) in [7, 11) is 0. The average molecular weight is 272 g/mol. The first-order valence-electron chi connectivity index (χ1n) is 4.48. The molecule has 0 spiro atoms. The fraction of sp³-hybridized carbons (Fsp3) is 0.444. The van der Waals surface area contributed by atoms with Gasteiger partial charge in [-0.15, -0.1) is 0 Å². The first-order chi connectivity index (χ1) is 7.15. The molecule has 1 heterocycles. The third kappa shape index (κ3) is 2.18. The van der Waals surface area contributed by atoms with E-state index >= 15 is 0 Å². The predicted molar refractivity (Wildman–Crippen MR) is 56.3 cm³/mol. The van der Waals surface area contributed by atoms with E-state index in [9.17, 15) is 4.79 Å². The molecule has 5 nitrogen and oxygen atoms in total. The summed E-state index contributed by atoms with van der Waals surface area (Å²) in [4.78, 5) is 15.5. The zero-order valence-corrected chi connectivity index (χ0v) is 10.0. The summed E-state index contributed by atoms with van der Waals surface area (Å²) in [6.45, 7) is 4.39. The molecule has 15 heavy (non-hydrogen) atoms. The molecule has 0 amide bonds. The fourth-order valence-electron chi connectivity index (χ4n) is 1.20. The van der Waals surface area contributed by atoms with Gasteiger partial charge in [0.05, 0.1) is 6.61 Å². The van der Waals surface area contributed by atoms with Crippen molar-refractivity contribution >= 4 is 21.9 Å². The number of hydrogen-bond acceptors (Lipinski definition) is 4. The maximum Gasteiger partial charge on any atom is 0.358 e. The summed E-state index contributed by atoms with van der Waals surface area (Å²) < 4.78 is 6.91. The maximum atomic E-state index is 11.6. The Morgan fingerprint density at radius 3 is 2.80 bits per heavy atom. The standard InChI is InChI=1S/C9H10BrN3O2/c1-3-13-7(8(14)15-4-2)6(5-11)12-9(13)10/h3-4H2,1-2H3. The van der Waals surface area contributed by atoms with E-state index in [2.05, 4.69) is 20.9 Å². The number of esters is 1. The van der Waals surface area contributed by atoms with Crippen LogP contribution in [0.4, 0.5) is 0 Å². The van der Waals surface area contributed by atoms with Crippen LogP contribution in [0.5, 0.6) is 0 Å². The highest BCUT2D eigenvalue weighted by atomic mass is 79.9. The van der Waals surface area contributed by atoms with Crippen LogP contribution in [0, 0.1) is 11.3 Å². The van der Waals surface area contributed by atoms with Crippen molar-refractivity contribution in [2.75, 3.05) is 6.61 Å². The lowest BCUT2D eigenvalue weighted by molar-refractivity contribution is 0.0513. The molecule has 0 radical (unpaired) electrons. The Morgan fingerprint density at radius 1 is 1.67 bits per heavy atom. The molecule has 0 atom stereocenters. The number of ether oxygens (including phenoxy) is 1. The summed E-state index contributed by atoms with van der Waals surface area (Å²) in [5.41, 5.74) is 0.288. The van der Waals surface area contributed by atoms with Crippen molar-refractivity contribution in [2.24, 2.45) is 0 Å². The minimum atomic E-state index is -0.519. The molecule has 0 aromatic carbocycles. The third-order valence-corrected chi connectivity index (χ3v) is 2.42. The Morgan fingerprint density at radius 2 is 2.33 bits per heavy atom. The fourth-order valence-corrected chi connectivity index (χ4v) is 1.80. The van der Waals surface area contributed by atoms with E-state index in [0.717, 1.165) is 0 Å². The molecular formula is C9H10BrN3O2. The monoisotopic (exact) mass is 271 g/mol. The van der Waals surface area contributed by atoms with Crippen molar-refractivity contribution in [3.63, 3.8) is 0 Å². The molecular weight excluding hydrogens is 262 g/mol. The summed E-state index contributed by atoms with van der Waals surface area (Å²) in [6, 6.07) is 1.87. The van der Waals surface area contributed by atoms with Crippen molar-refractivity contribution in [3.8, 4) is 6.07 Å². The lowest BCUT2D eigenvalue weighted by Gasteiger charge is -2.05. The van der Waals surface area contributed by atoms with E-state index in [1.165, 1.54) is 0 Å². The van der Waals surface area contributed by atoms with Gasteiger partial charge in [-0.05, 0) is 29.8 Å². The highest BCUT2D eigenvalue weighted by Crippen LogP contribution is 2.17. The predicted octanol–water partition coefficient (Wildman–Crippen LogP) is 1.71. The number of imidazole rings is 1. The summed E-state index contributed by atoms with van der Waals surface area (Å²) >= 11 is 3.18. The Balaban J connectivity index is 3.24. The second-order valence-corrected chi connectivity index (χ2v) is 3.36. The molecule has 0 saturated carbocycles. The number of carbonyl (C=O) groups is 1. The van der Waals surface area contributed by atoms with Crippen molar-refractivity contribution < 1.29 is 9.53 Å². The Labute approximate surface area is 95.8 Å². The SMILES string of the molecule is CCOC(=O)c1c(C#N)nc(Br)n1CC. The topological polar surface area (TPSA) is 67.9 Å². The number of hydrogen-bond donors (Lipinski definition) is 0. The number of halogens is 1. The summed E-state index contributed by atoms with van der Waals surface area (Å²) in [6.07, 6.45) is 0. The van der Waals surface area contributed by atoms with Crippen molar-refractivity contribution in [1.29, 1.82) is 5.26 Å². The molecule has 80 valence electrons. The van der Waals surface area contributed by atoms with E-state index < -0.39 is 5.97 Å². The van der Waals surface area contributed by atoms with Crippen LogP contribution < -0.4 is 0 Å². The lowest BCUT2D eigenvalue weighted by atomic mass is 10.3. The van der Waals surface area contributed by atoms with Crippen LogP contribution in [0.3, 0.4) is 0 Å². The van der Waals surface area contributed by atoms with Gasteiger partial charge in [-0.3, -0.25) is 0 Å². The van der Waals surface area contributed by atoms with Gasteiger partial charge in [0.2, 0.25) is 0 Å². The lowest BCUT2D eigenvalue weighted by Crippen LogP contribution is -2.13. The van der Waals surface area contributed by atoms with Gasteiger partial charge < -0.3 is 9.30 Å². The zero-order valence-electron chi connectivity index (χ0n) is 8.45. The Bertz CT molecular complexity index is 420. The highest BCUT2D eigenvalue weighted by Gasteiger charge is 2.22. The molecule has 0 unspecified atom stereocenters. The highest BCUT2D eigenvalue weighted by molar-refractivity contribution is 9.10. The first-order valence-corrected chi connectivity index (χ1v) is 5.28. The van der Waals surface area contributed by atoms with Gasteiger partial charge in [-0.2, -0.15) is 5.26 Å². The third-order valence-electron chi connectivity index (χ3n) is 1.81. The van der Waals surface area contributed by atoms with Crippen molar-refractivity contribution in [2.45, 2.75) is 20.4 Å². The van der Waals surface area contributed by atoms with Crippen LogP contribution in [0.25, 0.3) is 0 Å². The second kappa shape index (κ2) is 4.94. The van der Waals surface area contributed by atoms with E-state index in [4.69, 9.17) is 10.00 Å². The smallest absolute Gasteiger partial charge is 0.358 e. The van der Waals surface area contributed by atoms with Crippen molar-refractivity contribution in [1.82, 2.24) is 9.55 Å². The molecule has 6 heteroatoms. The molecule has 0 aliphatic carbocycles. The van der Waals surface area contributed by atoms with Gasteiger partial charge in [-0.25, -0.2) is 9.78 Å². The number of rotatable bonds is 3. The van der Waals surface area contributed by atoms with E-state index in [-0.39, 0.29) is 18.0 Å². The molecule has 0 saturated heterocycles. The van der Waals surface area contributed by atoms with Crippen LogP contribution in [-0.2, 0) is 11.3 Å². The average Bonchev–Trinajstić information content (AvgIpc) is 2.54. The molecule has 0 bridgehead atoms. The summed E-state index contributed by atoms with van der Waals surface area (Å²) in [5, 5.41) is 8.81. The molecule has 0 fully saturated rings. The number of aromatic nitrogens is 2. The Kier molecular flexibility index (Phi) is 3.86. The Hall–Kier alpha value is -1.35. The minimum absolute atomic E-state index is 0.0853. The molecule has 1 rings (SSSR count). The summed E-state index contributed by atoms with van der Waals surface area (Å²) in [5.74, 6) is -0.519. The second-order valence-electron chi connectivity index (χ2n) is 2.65. The van der Waals surface area contributed by atoms with Crippen LogP contribution in [0.15, 0.2) is 4.73 Å². The van der Waals surface area contributed by atoms with Crippen molar-refractivity contribution in [3.05, 3.63) is 16.1 Å². The van der Waals surface area contributed by atoms with Crippen LogP contribution >= 0.6 is 15.9 Å². The van der Waals surface area contributed by atoms with E-state index in [0.29, 0.717) is 11.3 Å². The zero-order chi connectivity index (χ0) is 11.4. The van der Waals surface area contributed by atoms with Gasteiger partial charge in [0.15, 0.2) is 16.1 Å². The largest absolute Gasteiger partial charge is 0.461 e. The molecule has 0 aliphatic rings. The molecule has 0 aliphatic heterocycles. The number of nitrogens with zero attached hydrogens (tertiary/aromatic N) is 3. The molecule has 1 aromatic rings. The maximum absolute atomic E-state index is 11.6. The number of nitriles is 1. The normalized spacial score (nSPS) is 9.73. The van der Waals surface area contributed by atoms with E-state index in [1.54, 1.807) is 11.5 Å². The van der Waals surface area contributed by atoms with Gasteiger partial charge in [0.25, 0.3) is 0 Å². The van der Waals surface area contributed by atoms with Crippen LogP contribution in [0.1, 0.15) is 30.0 Å². The minimum Gasteiger partial charge on any atom is -0.461 e. The van der Waals surface area contributed by atoms with Gasteiger partial charge in [0, 0.05) is 6.54 Å². The first kappa shape index (κ1) is 11.7. The van der Waals surface area contributed by atoms with Crippen LogP contribution in [0.2, 0.25) is 0 Å².